The fourth-order valence-electron chi connectivity index (χ4n) is 2.54. The predicted octanol–water partition coefficient (Wildman–Crippen LogP) is 2.41. The normalized spacial score (nSPS) is 16.0. The number of anilines is 1. The Kier molecular flexibility index (Phi) is 5.01. The Morgan fingerprint density at radius 3 is 2.48 bits per heavy atom. The van der Waals surface area contributed by atoms with Gasteiger partial charge in [0.1, 0.15) is 4.21 Å². The summed E-state index contributed by atoms with van der Waals surface area (Å²) in [6, 6.07) is 11.5. The van der Waals surface area contributed by atoms with Gasteiger partial charge in [0.25, 0.3) is 10.0 Å². The minimum Gasteiger partial charge on any atom is -0.378 e. The highest BCUT2D eigenvalue weighted by Gasteiger charge is 2.21. The van der Waals surface area contributed by atoms with Crippen LogP contribution in [-0.4, -0.2) is 46.1 Å². The second-order valence-electron chi connectivity index (χ2n) is 5.46. The summed E-state index contributed by atoms with van der Waals surface area (Å²) >= 11 is 1.24. The summed E-state index contributed by atoms with van der Waals surface area (Å²) in [5.41, 5.74) is 2.13. The predicted molar refractivity (Wildman–Crippen MR) is 92.4 cm³/mol. The van der Waals surface area contributed by atoms with Crippen molar-refractivity contribution in [3.8, 4) is 0 Å². The average Bonchev–Trinajstić information content (AvgIpc) is 3.11. The summed E-state index contributed by atoms with van der Waals surface area (Å²) in [5.74, 6) is 0. The largest absolute Gasteiger partial charge is 0.378 e. The van der Waals surface area contributed by atoms with Gasteiger partial charge in [-0.2, -0.15) is 4.31 Å². The number of benzene rings is 1. The molecule has 2 aromatic rings. The van der Waals surface area contributed by atoms with Crippen molar-refractivity contribution in [1.82, 2.24) is 4.31 Å². The maximum atomic E-state index is 12.4. The van der Waals surface area contributed by atoms with E-state index in [2.05, 4.69) is 4.90 Å². The first kappa shape index (κ1) is 16.4. The lowest BCUT2D eigenvalue weighted by atomic mass is 10.2. The van der Waals surface area contributed by atoms with Crippen molar-refractivity contribution in [2.45, 2.75) is 10.8 Å². The SMILES string of the molecule is CN(Cc1ccc(N2CCOCC2)cc1)S(=O)(=O)c1cccs1. The van der Waals surface area contributed by atoms with Gasteiger partial charge in [0, 0.05) is 32.4 Å². The van der Waals surface area contributed by atoms with Crippen LogP contribution in [0.5, 0.6) is 0 Å². The van der Waals surface area contributed by atoms with E-state index in [1.165, 1.54) is 15.6 Å². The van der Waals surface area contributed by atoms with E-state index in [1.54, 1.807) is 24.6 Å². The Bertz CT molecular complexity index is 721. The van der Waals surface area contributed by atoms with Crippen LogP contribution in [0, 0.1) is 0 Å². The molecule has 1 aliphatic rings. The second-order valence-corrected chi connectivity index (χ2v) is 8.68. The third kappa shape index (κ3) is 3.74. The highest BCUT2D eigenvalue weighted by atomic mass is 32.2. The van der Waals surface area contributed by atoms with Crippen LogP contribution >= 0.6 is 11.3 Å². The van der Waals surface area contributed by atoms with Crippen molar-refractivity contribution in [3.63, 3.8) is 0 Å². The van der Waals surface area contributed by atoms with Crippen LogP contribution in [0.25, 0.3) is 0 Å². The molecule has 0 spiro atoms. The number of ether oxygens (including phenoxy) is 1. The highest BCUT2D eigenvalue weighted by molar-refractivity contribution is 7.91. The number of rotatable bonds is 5. The first-order valence-corrected chi connectivity index (χ1v) is 9.81. The van der Waals surface area contributed by atoms with E-state index in [9.17, 15) is 8.42 Å². The fraction of sp³-hybridized carbons (Fsp3) is 0.375. The van der Waals surface area contributed by atoms with E-state index in [0.29, 0.717) is 10.8 Å². The van der Waals surface area contributed by atoms with E-state index in [0.717, 1.165) is 37.6 Å². The quantitative estimate of drug-likeness (QED) is 0.829. The van der Waals surface area contributed by atoms with E-state index < -0.39 is 10.0 Å². The minimum absolute atomic E-state index is 0.365. The summed E-state index contributed by atoms with van der Waals surface area (Å²) in [6.07, 6.45) is 0. The van der Waals surface area contributed by atoms with Crippen molar-refractivity contribution >= 4 is 27.0 Å². The number of morpholine rings is 1. The molecule has 1 aromatic carbocycles. The molecule has 1 aliphatic heterocycles. The molecule has 0 N–H and O–H groups in total. The lowest BCUT2D eigenvalue weighted by Gasteiger charge is -2.29. The summed E-state index contributed by atoms with van der Waals surface area (Å²) in [5, 5.41) is 1.78. The number of nitrogens with zero attached hydrogens (tertiary/aromatic N) is 2. The Labute approximate surface area is 141 Å². The molecule has 2 heterocycles. The van der Waals surface area contributed by atoms with E-state index >= 15 is 0 Å². The molecule has 0 atom stereocenters. The Balaban J connectivity index is 1.68. The van der Waals surface area contributed by atoms with Gasteiger partial charge in [-0.05, 0) is 29.1 Å². The van der Waals surface area contributed by atoms with Crippen LogP contribution in [0.3, 0.4) is 0 Å². The van der Waals surface area contributed by atoms with Gasteiger partial charge in [-0.3, -0.25) is 0 Å². The molecule has 0 radical (unpaired) electrons. The van der Waals surface area contributed by atoms with Crippen LogP contribution in [0.4, 0.5) is 5.69 Å². The van der Waals surface area contributed by atoms with Gasteiger partial charge in [0.15, 0.2) is 0 Å². The Hall–Kier alpha value is -1.41. The van der Waals surface area contributed by atoms with Gasteiger partial charge in [0.05, 0.1) is 13.2 Å². The molecule has 5 nitrogen and oxygen atoms in total. The van der Waals surface area contributed by atoms with Crippen LogP contribution in [-0.2, 0) is 21.3 Å². The molecule has 0 aliphatic carbocycles. The first-order chi connectivity index (χ1) is 11.1. The maximum Gasteiger partial charge on any atom is 0.252 e. The monoisotopic (exact) mass is 352 g/mol. The Morgan fingerprint density at radius 2 is 1.87 bits per heavy atom. The van der Waals surface area contributed by atoms with Crippen molar-refractivity contribution in [2.24, 2.45) is 0 Å². The van der Waals surface area contributed by atoms with Crippen LogP contribution in [0.1, 0.15) is 5.56 Å². The summed E-state index contributed by atoms with van der Waals surface area (Å²) in [4.78, 5) is 2.28. The molecule has 1 fully saturated rings. The molecule has 23 heavy (non-hydrogen) atoms. The lowest BCUT2D eigenvalue weighted by molar-refractivity contribution is 0.122. The topological polar surface area (TPSA) is 49.9 Å². The van der Waals surface area contributed by atoms with Crippen LogP contribution < -0.4 is 4.90 Å². The number of hydrogen-bond donors (Lipinski definition) is 0. The number of thiophene rings is 1. The third-order valence-corrected chi connectivity index (χ3v) is 7.05. The fourth-order valence-corrected chi connectivity index (χ4v) is 4.90. The second kappa shape index (κ2) is 7.00. The van der Waals surface area contributed by atoms with Gasteiger partial charge in [-0.1, -0.05) is 18.2 Å². The third-order valence-electron chi connectivity index (χ3n) is 3.88. The number of sulfonamides is 1. The zero-order valence-electron chi connectivity index (χ0n) is 13.0. The van der Waals surface area contributed by atoms with Gasteiger partial charge < -0.3 is 9.64 Å². The van der Waals surface area contributed by atoms with Gasteiger partial charge in [0.2, 0.25) is 0 Å². The van der Waals surface area contributed by atoms with Crippen molar-refractivity contribution in [2.75, 3.05) is 38.3 Å². The highest BCUT2D eigenvalue weighted by Crippen LogP contribution is 2.22. The zero-order valence-corrected chi connectivity index (χ0v) is 14.6. The molecule has 0 saturated carbocycles. The molecular weight excluding hydrogens is 332 g/mol. The maximum absolute atomic E-state index is 12.4. The summed E-state index contributed by atoms with van der Waals surface area (Å²) < 4.78 is 32.0. The van der Waals surface area contributed by atoms with E-state index in [-0.39, 0.29) is 0 Å². The zero-order chi connectivity index (χ0) is 16.3. The van der Waals surface area contributed by atoms with Crippen molar-refractivity contribution in [1.29, 1.82) is 0 Å². The molecule has 1 aromatic heterocycles. The standard InChI is InChI=1S/C16H20N2O3S2/c1-17(23(19,20)16-3-2-12-22-16)13-14-4-6-15(7-5-14)18-8-10-21-11-9-18/h2-7,12H,8-11,13H2,1H3. The first-order valence-electron chi connectivity index (χ1n) is 7.49. The van der Waals surface area contributed by atoms with Gasteiger partial charge in [-0.15, -0.1) is 11.3 Å². The van der Waals surface area contributed by atoms with Crippen molar-refractivity contribution < 1.29 is 13.2 Å². The van der Waals surface area contributed by atoms with E-state index in [4.69, 9.17) is 4.74 Å². The molecule has 3 rings (SSSR count). The van der Waals surface area contributed by atoms with Crippen LogP contribution in [0.15, 0.2) is 46.0 Å². The number of hydrogen-bond acceptors (Lipinski definition) is 5. The molecule has 0 bridgehead atoms. The average molecular weight is 352 g/mol. The smallest absolute Gasteiger partial charge is 0.252 e. The molecule has 124 valence electrons. The lowest BCUT2D eigenvalue weighted by Crippen LogP contribution is -2.36. The summed E-state index contributed by atoms with van der Waals surface area (Å²) in [6.45, 7) is 3.66. The van der Waals surface area contributed by atoms with E-state index in [1.807, 2.05) is 24.3 Å². The van der Waals surface area contributed by atoms with Gasteiger partial charge >= 0.3 is 0 Å². The molecular formula is C16H20N2O3S2. The molecule has 7 heteroatoms. The Morgan fingerprint density at radius 1 is 1.17 bits per heavy atom. The molecule has 0 unspecified atom stereocenters. The molecule has 0 amide bonds. The van der Waals surface area contributed by atoms with Gasteiger partial charge in [-0.25, -0.2) is 8.42 Å². The summed E-state index contributed by atoms with van der Waals surface area (Å²) in [7, 11) is -1.78. The van der Waals surface area contributed by atoms with Crippen molar-refractivity contribution in [3.05, 3.63) is 47.3 Å². The molecule has 1 saturated heterocycles. The van der Waals surface area contributed by atoms with Crippen LogP contribution in [0.2, 0.25) is 0 Å². The minimum atomic E-state index is -3.40.